The molecule has 0 aliphatic rings. The van der Waals surface area contributed by atoms with E-state index in [1.807, 2.05) is 12.1 Å². The maximum Gasteiger partial charge on any atom is 0.336 e. The summed E-state index contributed by atoms with van der Waals surface area (Å²) in [6.07, 6.45) is 1.79. The summed E-state index contributed by atoms with van der Waals surface area (Å²) in [5.41, 5.74) is 1.26. The van der Waals surface area contributed by atoms with Crippen molar-refractivity contribution in [2.24, 2.45) is 0 Å². The monoisotopic (exact) mass is 201 g/mol. The number of rotatable bonds is 3. The van der Waals surface area contributed by atoms with E-state index in [2.05, 4.69) is 11.9 Å². The quantitative estimate of drug-likeness (QED) is 0.612. The molecule has 0 bridgehead atoms. The molecule has 3 heteroatoms. The van der Waals surface area contributed by atoms with Gasteiger partial charge in [-0.15, -0.1) is 6.58 Å². The van der Waals surface area contributed by atoms with Gasteiger partial charge in [0.2, 0.25) is 0 Å². The molecule has 1 aromatic heterocycles. The fraction of sp³-hybridized carbons (Fsp3) is 0.0833. The van der Waals surface area contributed by atoms with Crippen molar-refractivity contribution in [2.75, 3.05) is 11.9 Å². The minimum absolute atomic E-state index is 0.325. The first-order chi connectivity index (χ1) is 7.29. The van der Waals surface area contributed by atoms with E-state index >= 15 is 0 Å². The van der Waals surface area contributed by atoms with Gasteiger partial charge >= 0.3 is 5.63 Å². The Morgan fingerprint density at radius 2 is 2.20 bits per heavy atom. The smallest absolute Gasteiger partial charge is 0.336 e. The van der Waals surface area contributed by atoms with Crippen molar-refractivity contribution < 1.29 is 4.42 Å². The normalized spacial score (nSPS) is 10.1. The molecule has 0 radical (unpaired) electrons. The Bertz CT molecular complexity index is 543. The van der Waals surface area contributed by atoms with Gasteiger partial charge in [0.15, 0.2) is 0 Å². The molecule has 15 heavy (non-hydrogen) atoms. The van der Waals surface area contributed by atoms with Crippen LogP contribution in [-0.2, 0) is 0 Å². The van der Waals surface area contributed by atoms with E-state index in [1.54, 1.807) is 18.2 Å². The molecule has 0 unspecified atom stereocenters. The molecule has 0 saturated carbocycles. The first kappa shape index (κ1) is 9.52. The topological polar surface area (TPSA) is 42.2 Å². The van der Waals surface area contributed by atoms with Crippen LogP contribution in [0.25, 0.3) is 11.0 Å². The van der Waals surface area contributed by atoms with E-state index in [-0.39, 0.29) is 5.63 Å². The van der Waals surface area contributed by atoms with E-state index in [0.29, 0.717) is 12.1 Å². The van der Waals surface area contributed by atoms with Crippen LogP contribution in [0.1, 0.15) is 0 Å². The Hall–Kier alpha value is -2.03. The van der Waals surface area contributed by atoms with Crippen LogP contribution < -0.4 is 10.9 Å². The molecule has 76 valence electrons. The predicted octanol–water partition coefficient (Wildman–Crippen LogP) is 2.39. The van der Waals surface area contributed by atoms with Crippen molar-refractivity contribution in [2.45, 2.75) is 0 Å². The molecule has 0 aliphatic heterocycles. The number of anilines is 1. The molecule has 0 fully saturated rings. The molecule has 2 aromatic rings. The molecule has 0 spiro atoms. The van der Waals surface area contributed by atoms with Crippen molar-refractivity contribution in [1.29, 1.82) is 0 Å². The van der Waals surface area contributed by atoms with Crippen molar-refractivity contribution in [3.8, 4) is 0 Å². The molecule has 0 saturated heterocycles. The van der Waals surface area contributed by atoms with Gasteiger partial charge in [0.05, 0.1) is 0 Å². The van der Waals surface area contributed by atoms with Gasteiger partial charge in [0.1, 0.15) is 5.58 Å². The Labute approximate surface area is 87.0 Å². The molecular formula is C12H11NO2. The minimum atomic E-state index is -0.325. The Morgan fingerprint density at radius 3 is 3.00 bits per heavy atom. The zero-order valence-corrected chi connectivity index (χ0v) is 8.19. The lowest BCUT2D eigenvalue weighted by molar-refractivity contribution is 0.561. The predicted molar refractivity (Wildman–Crippen MR) is 61.2 cm³/mol. The van der Waals surface area contributed by atoms with Crippen LogP contribution in [0.3, 0.4) is 0 Å². The van der Waals surface area contributed by atoms with Gasteiger partial charge in [-0.1, -0.05) is 6.08 Å². The van der Waals surface area contributed by atoms with E-state index < -0.39 is 0 Å². The lowest BCUT2D eigenvalue weighted by atomic mass is 10.2. The van der Waals surface area contributed by atoms with Crippen LogP contribution in [0, 0.1) is 0 Å². The molecule has 1 N–H and O–H groups in total. The fourth-order valence-electron chi connectivity index (χ4n) is 1.37. The molecule has 0 amide bonds. The van der Waals surface area contributed by atoms with E-state index in [1.165, 1.54) is 6.07 Å². The SMILES string of the molecule is C=CCNc1ccc2oc(=O)ccc2c1. The highest BCUT2D eigenvalue weighted by Gasteiger charge is 1.97. The third-order valence-corrected chi connectivity index (χ3v) is 2.07. The lowest BCUT2D eigenvalue weighted by Gasteiger charge is -2.03. The second-order valence-electron chi connectivity index (χ2n) is 3.18. The third-order valence-electron chi connectivity index (χ3n) is 2.07. The van der Waals surface area contributed by atoms with Crippen LogP contribution in [-0.4, -0.2) is 6.54 Å². The highest BCUT2D eigenvalue weighted by Crippen LogP contribution is 2.17. The molecule has 3 nitrogen and oxygen atoms in total. The second-order valence-corrected chi connectivity index (χ2v) is 3.18. The zero-order valence-electron chi connectivity index (χ0n) is 8.19. The van der Waals surface area contributed by atoms with Crippen LogP contribution in [0.4, 0.5) is 5.69 Å². The standard InChI is InChI=1S/C12H11NO2/c1-2-7-13-10-4-5-11-9(8-10)3-6-12(14)15-11/h2-6,8,13H,1,7H2. The molecule has 0 atom stereocenters. The van der Waals surface area contributed by atoms with E-state index in [0.717, 1.165) is 11.1 Å². The van der Waals surface area contributed by atoms with Crippen LogP contribution in [0.15, 0.2) is 52.2 Å². The highest BCUT2D eigenvalue weighted by atomic mass is 16.4. The van der Waals surface area contributed by atoms with Gasteiger partial charge in [0.25, 0.3) is 0 Å². The van der Waals surface area contributed by atoms with Crippen LogP contribution >= 0.6 is 0 Å². The molecule has 1 aromatic carbocycles. The summed E-state index contributed by atoms with van der Waals surface area (Å²) in [4.78, 5) is 10.9. The summed E-state index contributed by atoms with van der Waals surface area (Å²) in [7, 11) is 0. The summed E-state index contributed by atoms with van der Waals surface area (Å²) < 4.78 is 5.02. The average Bonchev–Trinajstić information content (AvgIpc) is 2.26. The van der Waals surface area contributed by atoms with Crippen molar-refractivity contribution in [3.63, 3.8) is 0 Å². The molecule has 1 heterocycles. The Kier molecular flexibility index (Phi) is 2.54. The Morgan fingerprint density at radius 1 is 1.33 bits per heavy atom. The van der Waals surface area contributed by atoms with Crippen molar-refractivity contribution >= 4 is 16.7 Å². The number of hydrogen-bond donors (Lipinski definition) is 1. The third kappa shape index (κ3) is 2.07. The van der Waals surface area contributed by atoms with Gasteiger partial charge in [-0.2, -0.15) is 0 Å². The van der Waals surface area contributed by atoms with E-state index in [9.17, 15) is 4.79 Å². The first-order valence-electron chi connectivity index (χ1n) is 4.68. The lowest BCUT2D eigenvalue weighted by Crippen LogP contribution is -1.98. The summed E-state index contributed by atoms with van der Waals surface area (Å²) in [5.74, 6) is 0. The average molecular weight is 201 g/mol. The molecule has 0 aliphatic carbocycles. The van der Waals surface area contributed by atoms with Crippen molar-refractivity contribution in [1.82, 2.24) is 0 Å². The summed E-state index contributed by atoms with van der Waals surface area (Å²) in [6.45, 7) is 4.34. The van der Waals surface area contributed by atoms with Gasteiger partial charge in [-0.05, 0) is 24.3 Å². The van der Waals surface area contributed by atoms with Crippen LogP contribution in [0.5, 0.6) is 0 Å². The number of hydrogen-bond acceptors (Lipinski definition) is 3. The maximum absolute atomic E-state index is 10.9. The highest BCUT2D eigenvalue weighted by molar-refractivity contribution is 5.80. The minimum Gasteiger partial charge on any atom is -0.423 e. The largest absolute Gasteiger partial charge is 0.423 e. The van der Waals surface area contributed by atoms with E-state index in [4.69, 9.17) is 4.42 Å². The second kappa shape index (κ2) is 4.00. The fourth-order valence-corrected chi connectivity index (χ4v) is 1.37. The van der Waals surface area contributed by atoms with Crippen LogP contribution in [0.2, 0.25) is 0 Å². The van der Waals surface area contributed by atoms with Gasteiger partial charge in [-0.25, -0.2) is 4.79 Å². The number of benzene rings is 1. The number of fused-ring (bicyclic) bond motifs is 1. The summed E-state index contributed by atoms with van der Waals surface area (Å²) >= 11 is 0. The zero-order chi connectivity index (χ0) is 10.7. The van der Waals surface area contributed by atoms with Crippen molar-refractivity contribution in [3.05, 3.63) is 53.4 Å². The first-order valence-corrected chi connectivity index (χ1v) is 4.68. The molecule has 2 rings (SSSR count). The molecular weight excluding hydrogens is 190 g/mol. The van der Waals surface area contributed by atoms with Gasteiger partial charge < -0.3 is 9.73 Å². The Balaban J connectivity index is 2.43. The summed E-state index contributed by atoms with van der Waals surface area (Å²) in [5, 5.41) is 4.07. The van der Waals surface area contributed by atoms with Gasteiger partial charge in [0, 0.05) is 23.7 Å². The maximum atomic E-state index is 10.9. The van der Waals surface area contributed by atoms with Gasteiger partial charge in [-0.3, -0.25) is 0 Å². The number of nitrogens with one attached hydrogen (secondary N) is 1. The summed E-state index contributed by atoms with van der Waals surface area (Å²) in [6, 6.07) is 8.75.